The summed E-state index contributed by atoms with van der Waals surface area (Å²) in [5, 5.41) is 8.78. The Labute approximate surface area is 154 Å². The van der Waals surface area contributed by atoms with Gasteiger partial charge >= 0.3 is 0 Å². The van der Waals surface area contributed by atoms with Crippen molar-refractivity contribution in [1.82, 2.24) is 0 Å². The molecule has 0 aromatic rings. The number of rotatable bonds is 5. The van der Waals surface area contributed by atoms with Gasteiger partial charge in [-0.15, -0.1) is 0 Å². The maximum absolute atomic E-state index is 8.78. The standard InChI is InChI=1S/C16H32O6S2/c17-2-1-3-20-14-16-15-21-8-12-23-10-6-18-4-5-19-7-11-24-13-9-22-16/h16-17H,1-15H2. The zero-order valence-electron chi connectivity index (χ0n) is 14.5. The van der Waals surface area contributed by atoms with Crippen molar-refractivity contribution >= 4 is 23.5 Å². The van der Waals surface area contributed by atoms with Crippen molar-refractivity contribution in [3.05, 3.63) is 0 Å². The predicted octanol–water partition coefficient (Wildman–Crippen LogP) is 1.30. The van der Waals surface area contributed by atoms with Crippen LogP contribution in [-0.2, 0) is 23.7 Å². The summed E-state index contributed by atoms with van der Waals surface area (Å²) in [7, 11) is 0. The van der Waals surface area contributed by atoms with Crippen LogP contribution in [0.15, 0.2) is 0 Å². The van der Waals surface area contributed by atoms with Crippen molar-refractivity contribution in [3.63, 3.8) is 0 Å². The van der Waals surface area contributed by atoms with E-state index in [1.807, 2.05) is 23.5 Å². The van der Waals surface area contributed by atoms with Gasteiger partial charge in [-0.3, -0.25) is 0 Å². The first-order valence-corrected chi connectivity index (χ1v) is 10.9. The van der Waals surface area contributed by atoms with Crippen LogP contribution in [0.3, 0.4) is 0 Å². The van der Waals surface area contributed by atoms with Gasteiger partial charge in [0.15, 0.2) is 0 Å². The predicted molar refractivity (Wildman–Crippen MR) is 99.4 cm³/mol. The molecule has 6 nitrogen and oxygen atoms in total. The number of hydrogen-bond acceptors (Lipinski definition) is 8. The van der Waals surface area contributed by atoms with Crippen LogP contribution >= 0.6 is 23.5 Å². The Hall–Kier alpha value is 0.460. The number of aliphatic hydroxyl groups is 1. The number of thioether (sulfide) groups is 2. The van der Waals surface area contributed by atoms with Gasteiger partial charge < -0.3 is 28.8 Å². The van der Waals surface area contributed by atoms with Crippen LogP contribution in [0.5, 0.6) is 0 Å². The summed E-state index contributed by atoms with van der Waals surface area (Å²) in [6, 6.07) is 0. The molecule has 0 bridgehead atoms. The molecule has 24 heavy (non-hydrogen) atoms. The van der Waals surface area contributed by atoms with Gasteiger partial charge in [-0.1, -0.05) is 0 Å². The Bertz CT molecular complexity index is 243. The molecular formula is C16H32O6S2. The van der Waals surface area contributed by atoms with Gasteiger partial charge in [0.1, 0.15) is 6.10 Å². The van der Waals surface area contributed by atoms with Crippen LogP contribution in [0.1, 0.15) is 6.42 Å². The summed E-state index contributed by atoms with van der Waals surface area (Å²) < 4.78 is 28.1. The van der Waals surface area contributed by atoms with Gasteiger partial charge in [-0.2, -0.15) is 23.5 Å². The van der Waals surface area contributed by atoms with Crippen molar-refractivity contribution in [1.29, 1.82) is 0 Å². The lowest BCUT2D eigenvalue weighted by Crippen LogP contribution is -2.27. The van der Waals surface area contributed by atoms with Gasteiger partial charge in [-0.25, -0.2) is 0 Å². The maximum atomic E-state index is 8.78. The molecule has 1 heterocycles. The van der Waals surface area contributed by atoms with E-state index >= 15 is 0 Å². The molecule has 1 aliphatic heterocycles. The molecule has 0 aromatic heterocycles. The highest BCUT2D eigenvalue weighted by atomic mass is 32.2. The normalized spacial score (nSPS) is 24.1. The van der Waals surface area contributed by atoms with Crippen LogP contribution < -0.4 is 0 Å². The van der Waals surface area contributed by atoms with Crippen molar-refractivity contribution < 1.29 is 28.8 Å². The zero-order chi connectivity index (χ0) is 17.1. The Balaban J connectivity index is 2.21. The fraction of sp³-hybridized carbons (Fsp3) is 1.00. The van der Waals surface area contributed by atoms with E-state index in [0.29, 0.717) is 52.7 Å². The fourth-order valence-corrected chi connectivity index (χ4v) is 3.22. The molecule has 0 aliphatic carbocycles. The van der Waals surface area contributed by atoms with E-state index in [4.69, 9.17) is 28.8 Å². The van der Waals surface area contributed by atoms with Crippen LogP contribution in [0, 0.1) is 0 Å². The molecule has 1 unspecified atom stereocenters. The monoisotopic (exact) mass is 384 g/mol. The minimum absolute atomic E-state index is 0.0484. The summed E-state index contributed by atoms with van der Waals surface area (Å²) in [6.45, 7) is 5.99. The van der Waals surface area contributed by atoms with E-state index in [0.717, 1.165) is 36.2 Å². The van der Waals surface area contributed by atoms with E-state index in [1.165, 1.54) is 0 Å². The molecule has 0 spiro atoms. The highest BCUT2D eigenvalue weighted by molar-refractivity contribution is 7.99. The summed E-state index contributed by atoms with van der Waals surface area (Å²) in [5.41, 5.74) is 0. The molecular weight excluding hydrogens is 352 g/mol. The molecule has 144 valence electrons. The average Bonchev–Trinajstić information content (AvgIpc) is 2.59. The Kier molecular flexibility index (Phi) is 17.1. The summed E-state index contributed by atoms with van der Waals surface area (Å²) >= 11 is 3.65. The van der Waals surface area contributed by atoms with Gasteiger partial charge in [-0.05, 0) is 6.42 Å². The molecule has 1 fully saturated rings. The van der Waals surface area contributed by atoms with E-state index in [-0.39, 0.29) is 12.7 Å². The molecule has 0 saturated carbocycles. The summed E-state index contributed by atoms with van der Waals surface area (Å²) in [5.74, 6) is 3.83. The molecule has 0 amide bonds. The second kappa shape index (κ2) is 18.3. The SMILES string of the molecule is OCCCOCC1COCCSCCOCCOCCSCCO1. The Morgan fingerprint density at radius 1 is 0.833 bits per heavy atom. The second-order valence-corrected chi connectivity index (χ2v) is 7.62. The van der Waals surface area contributed by atoms with Crippen LogP contribution in [0.4, 0.5) is 0 Å². The third-order valence-corrected chi connectivity index (χ3v) is 4.94. The van der Waals surface area contributed by atoms with Crippen molar-refractivity contribution in [2.24, 2.45) is 0 Å². The molecule has 1 rings (SSSR count). The molecule has 0 aromatic carbocycles. The van der Waals surface area contributed by atoms with Gasteiger partial charge in [0, 0.05) is 36.2 Å². The summed E-state index contributed by atoms with van der Waals surface area (Å²) in [4.78, 5) is 0. The lowest BCUT2D eigenvalue weighted by atomic mass is 10.4. The van der Waals surface area contributed by atoms with Gasteiger partial charge in [0.25, 0.3) is 0 Å². The minimum atomic E-state index is -0.0484. The zero-order valence-corrected chi connectivity index (χ0v) is 16.1. The quantitative estimate of drug-likeness (QED) is 0.712. The Morgan fingerprint density at radius 3 is 2.12 bits per heavy atom. The fourth-order valence-electron chi connectivity index (χ4n) is 1.89. The van der Waals surface area contributed by atoms with Crippen LogP contribution in [0.2, 0.25) is 0 Å². The molecule has 1 atom stereocenters. The highest BCUT2D eigenvalue weighted by Crippen LogP contribution is 2.05. The van der Waals surface area contributed by atoms with Crippen LogP contribution in [0.25, 0.3) is 0 Å². The van der Waals surface area contributed by atoms with Gasteiger partial charge in [0.2, 0.25) is 0 Å². The first kappa shape index (κ1) is 22.5. The van der Waals surface area contributed by atoms with Crippen LogP contribution in [-0.4, -0.2) is 100 Å². The van der Waals surface area contributed by atoms with Crippen molar-refractivity contribution in [2.75, 3.05) is 89.1 Å². The molecule has 1 aliphatic rings. The minimum Gasteiger partial charge on any atom is -0.396 e. The third kappa shape index (κ3) is 14.8. The molecule has 8 heteroatoms. The van der Waals surface area contributed by atoms with Crippen molar-refractivity contribution in [3.8, 4) is 0 Å². The lowest BCUT2D eigenvalue weighted by molar-refractivity contribution is -0.0544. The Morgan fingerprint density at radius 2 is 1.46 bits per heavy atom. The van der Waals surface area contributed by atoms with E-state index in [2.05, 4.69) is 0 Å². The number of ether oxygens (including phenoxy) is 5. The van der Waals surface area contributed by atoms with E-state index in [1.54, 1.807) is 0 Å². The lowest BCUT2D eigenvalue weighted by Gasteiger charge is -2.18. The second-order valence-electron chi connectivity index (χ2n) is 5.17. The molecule has 1 N–H and O–H groups in total. The largest absolute Gasteiger partial charge is 0.396 e. The van der Waals surface area contributed by atoms with Gasteiger partial charge in [0.05, 0.1) is 52.9 Å². The van der Waals surface area contributed by atoms with E-state index in [9.17, 15) is 0 Å². The number of aliphatic hydroxyl groups excluding tert-OH is 1. The summed E-state index contributed by atoms with van der Waals surface area (Å²) in [6.07, 6.45) is 0.607. The number of hydrogen-bond donors (Lipinski definition) is 1. The molecule has 0 radical (unpaired) electrons. The topological polar surface area (TPSA) is 66.4 Å². The van der Waals surface area contributed by atoms with E-state index < -0.39 is 0 Å². The molecule has 1 saturated heterocycles. The first-order chi connectivity index (χ1) is 11.9. The third-order valence-electron chi connectivity index (χ3n) is 3.12. The first-order valence-electron chi connectivity index (χ1n) is 8.62. The highest BCUT2D eigenvalue weighted by Gasteiger charge is 2.10. The average molecular weight is 385 g/mol. The van der Waals surface area contributed by atoms with Crippen molar-refractivity contribution in [2.45, 2.75) is 12.5 Å². The maximum Gasteiger partial charge on any atom is 0.104 e. The smallest absolute Gasteiger partial charge is 0.104 e.